The molecule has 1 atom stereocenters. The van der Waals surface area contributed by atoms with E-state index in [1.165, 1.54) is 24.3 Å². The van der Waals surface area contributed by atoms with E-state index in [1.807, 2.05) is 6.26 Å². The van der Waals surface area contributed by atoms with Gasteiger partial charge in [-0.1, -0.05) is 23.7 Å². The zero-order valence-electron chi connectivity index (χ0n) is 13.6. The molecule has 0 radical (unpaired) electrons. The lowest BCUT2D eigenvalue weighted by molar-refractivity contribution is -0.118. The number of amides is 2. The highest BCUT2D eigenvalue weighted by Gasteiger charge is 2.22. The maximum absolute atomic E-state index is 13.0. The van der Waals surface area contributed by atoms with Crippen molar-refractivity contribution in [3.8, 4) is 0 Å². The maximum Gasteiger partial charge on any atom is 0.253 e. The van der Waals surface area contributed by atoms with Crippen LogP contribution in [-0.2, 0) is 4.79 Å². The Bertz CT molecular complexity index is 740. The van der Waals surface area contributed by atoms with Gasteiger partial charge in [0.05, 0.1) is 10.6 Å². The lowest BCUT2D eigenvalue weighted by Gasteiger charge is -2.18. The normalized spacial score (nSPS) is 11.6. The molecule has 0 fully saturated rings. The van der Waals surface area contributed by atoms with Crippen molar-refractivity contribution in [2.75, 3.05) is 17.3 Å². The summed E-state index contributed by atoms with van der Waals surface area (Å²) in [5, 5.41) is 5.73. The molecule has 0 bridgehead atoms. The minimum atomic E-state index is -0.721. The molecule has 0 aliphatic carbocycles. The smallest absolute Gasteiger partial charge is 0.253 e. The van der Waals surface area contributed by atoms with Crippen LogP contribution in [0.25, 0.3) is 0 Å². The zero-order chi connectivity index (χ0) is 18.2. The van der Waals surface area contributed by atoms with E-state index in [0.29, 0.717) is 28.4 Å². The van der Waals surface area contributed by atoms with Gasteiger partial charge in [0.2, 0.25) is 5.91 Å². The molecule has 2 aromatic rings. The second kappa shape index (κ2) is 9.44. The number of thioether (sulfide) groups is 1. The Morgan fingerprint density at radius 1 is 1.16 bits per heavy atom. The van der Waals surface area contributed by atoms with Crippen molar-refractivity contribution in [1.29, 1.82) is 0 Å². The van der Waals surface area contributed by atoms with E-state index in [0.717, 1.165) is 0 Å². The van der Waals surface area contributed by atoms with E-state index in [4.69, 9.17) is 11.6 Å². The van der Waals surface area contributed by atoms with Gasteiger partial charge in [-0.05, 0) is 54.8 Å². The lowest BCUT2D eigenvalue weighted by atomic mass is 10.1. The van der Waals surface area contributed by atoms with Crippen molar-refractivity contribution < 1.29 is 14.0 Å². The minimum absolute atomic E-state index is 0.313. The highest BCUT2D eigenvalue weighted by atomic mass is 35.5. The zero-order valence-corrected chi connectivity index (χ0v) is 15.2. The largest absolute Gasteiger partial charge is 0.340 e. The molecule has 2 amide bonds. The molecular weight excluding hydrogens is 363 g/mol. The van der Waals surface area contributed by atoms with E-state index in [-0.39, 0.29) is 11.7 Å². The van der Waals surface area contributed by atoms with Gasteiger partial charge in [0.15, 0.2) is 0 Å². The van der Waals surface area contributed by atoms with Gasteiger partial charge < -0.3 is 10.6 Å². The average Bonchev–Trinajstić information content (AvgIpc) is 2.60. The van der Waals surface area contributed by atoms with Crippen molar-refractivity contribution in [3.63, 3.8) is 0 Å². The van der Waals surface area contributed by atoms with Crippen LogP contribution in [0.3, 0.4) is 0 Å². The van der Waals surface area contributed by atoms with Crippen molar-refractivity contribution in [2.45, 2.75) is 12.5 Å². The molecule has 0 saturated heterocycles. The van der Waals surface area contributed by atoms with Gasteiger partial charge in [-0.3, -0.25) is 9.59 Å². The summed E-state index contributed by atoms with van der Waals surface area (Å²) in [4.78, 5) is 24.9. The van der Waals surface area contributed by atoms with Crippen molar-refractivity contribution in [3.05, 3.63) is 64.9 Å². The number of benzene rings is 2. The number of carbonyl (C=O) groups excluding carboxylic acids is 2. The molecule has 0 heterocycles. The monoisotopic (exact) mass is 380 g/mol. The second-order valence-corrected chi connectivity index (χ2v) is 6.68. The summed E-state index contributed by atoms with van der Waals surface area (Å²) in [6.07, 6.45) is 2.38. The standard InChI is InChI=1S/C18H18ClFN2O2S/c1-25-11-10-16(18(24)21-13-8-6-12(20)7-9-13)22-17(23)14-4-2-3-5-15(14)19/h2-9,16H,10-11H2,1H3,(H,21,24)(H,22,23). The molecule has 0 aliphatic heterocycles. The Morgan fingerprint density at radius 2 is 1.84 bits per heavy atom. The molecule has 132 valence electrons. The third kappa shape index (κ3) is 5.76. The average molecular weight is 381 g/mol. The Balaban J connectivity index is 2.09. The maximum atomic E-state index is 13.0. The molecule has 2 aromatic carbocycles. The minimum Gasteiger partial charge on any atom is -0.340 e. The molecule has 0 aliphatic rings. The fourth-order valence-corrected chi connectivity index (χ4v) is 2.84. The Morgan fingerprint density at radius 3 is 2.48 bits per heavy atom. The quantitative estimate of drug-likeness (QED) is 0.764. The predicted molar refractivity (Wildman–Crippen MR) is 101 cm³/mol. The number of rotatable bonds is 7. The van der Waals surface area contributed by atoms with Crippen LogP contribution in [0.2, 0.25) is 5.02 Å². The molecular formula is C18H18ClFN2O2S. The summed E-state index contributed by atoms with van der Waals surface area (Å²) in [6.45, 7) is 0. The number of anilines is 1. The second-order valence-electron chi connectivity index (χ2n) is 5.28. The molecule has 4 nitrogen and oxygen atoms in total. The van der Waals surface area contributed by atoms with E-state index < -0.39 is 11.9 Å². The molecule has 7 heteroatoms. The van der Waals surface area contributed by atoms with Gasteiger partial charge in [-0.15, -0.1) is 0 Å². The molecule has 0 spiro atoms. The first-order valence-electron chi connectivity index (χ1n) is 7.62. The number of hydrogen-bond donors (Lipinski definition) is 2. The topological polar surface area (TPSA) is 58.2 Å². The fourth-order valence-electron chi connectivity index (χ4n) is 2.15. The Hall–Kier alpha value is -2.05. The van der Waals surface area contributed by atoms with Gasteiger partial charge in [-0.25, -0.2) is 4.39 Å². The summed E-state index contributed by atoms with van der Waals surface area (Å²) in [6, 6.07) is 11.4. The number of carbonyl (C=O) groups is 2. The predicted octanol–water partition coefficient (Wildman–Crippen LogP) is 3.97. The number of hydrogen-bond acceptors (Lipinski definition) is 3. The molecule has 0 saturated carbocycles. The van der Waals surface area contributed by atoms with Crippen LogP contribution in [0.15, 0.2) is 48.5 Å². The van der Waals surface area contributed by atoms with Gasteiger partial charge in [0.25, 0.3) is 5.91 Å². The number of halogens is 2. The van der Waals surface area contributed by atoms with Crippen LogP contribution in [0.4, 0.5) is 10.1 Å². The lowest BCUT2D eigenvalue weighted by Crippen LogP contribution is -2.44. The van der Waals surface area contributed by atoms with Crippen molar-refractivity contribution >= 4 is 40.9 Å². The van der Waals surface area contributed by atoms with Gasteiger partial charge >= 0.3 is 0 Å². The van der Waals surface area contributed by atoms with E-state index in [9.17, 15) is 14.0 Å². The first kappa shape index (κ1) is 19.3. The fraction of sp³-hybridized carbons (Fsp3) is 0.222. The van der Waals surface area contributed by atoms with Crippen LogP contribution in [0.5, 0.6) is 0 Å². The molecule has 2 rings (SSSR count). The third-order valence-corrected chi connectivity index (χ3v) is 4.44. The van der Waals surface area contributed by atoms with Gasteiger partial charge in [0, 0.05) is 5.69 Å². The van der Waals surface area contributed by atoms with Crippen LogP contribution >= 0.6 is 23.4 Å². The van der Waals surface area contributed by atoms with Crippen LogP contribution in [0, 0.1) is 5.82 Å². The van der Waals surface area contributed by atoms with Crippen LogP contribution in [0.1, 0.15) is 16.8 Å². The summed E-state index contributed by atoms with van der Waals surface area (Å²) < 4.78 is 13.0. The highest BCUT2D eigenvalue weighted by molar-refractivity contribution is 7.98. The molecule has 0 aromatic heterocycles. The van der Waals surface area contributed by atoms with E-state index in [1.54, 1.807) is 36.0 Å². The van der Waals surface area contributed by atoms with Gasteiger partial charge in [0.1, 0.15) is 11.9 Å². The van der Waals surface area contributed by atoms with Crippen molar-refractivity contribution in [2.24, 2.45) is 0 Å². The summed E-state index contributed by atoms with van der Waals surface area (Å²) in [5.74, 6) is -0.458. The molecule has 25 heavy (non-hydrogen) atoms. The number of nitrogens with one attached hydrogen (secondary N) is 2. The first-order valence-corrected chi connectivity index (χ1v) is 9.39. The summed E-state index contributed by atoms with van der Waals surface area (Å²) in [7, 11) is 0. The van der Waals surface area contributed by atoms with Crippen molar-refractivity contribution in [1.82, 2.24) is 5.32 Å². The first-order chi connectivity index (χ1) is 12.0. The van der Waals surface area contributed by atoms with Crippen LogP contribution < -0.4 is 10.6 Å². The Labute approximate surface area is 155 Å². The van der Waals surface area contributed by atoms with Crippen LogP contribution in [-0.4, -0.2) is 29.9 Å². The van der Waals surface area contributed by atoms with Gasteiger partial charge in [-0.2, -0.15) is 11.8 Å². The molecule has 1 unspecified atom stereocenters. The van der Waals surface area contributed by atoms with E-state index >= 15 is 0 Å². The summed E-state index contributed by atoms with van der Waals surface area (Å²) in [5.41, 5.74) is 0.778. The SMILES string of the molecule is CSCCC(NC(=O)c1ccccc1Cl)C(=O)Nc1ccc(F)cc1. The van der Waals surface area contributed by atoms with E-state index in [2.05, 4.69) is 10.6 Å². The Kier molecular flexibility index (Phi) is 7.28. The third-order valence-electron chi connectivity index (χ3n) is 3.46. The highest BCUT2D eigenvalue weighted by Crippen LogP contribution is 2.16. The molecule has 2 N–H and O–H groups in total. The summed E-state index contributed by atoms with van der Waals surface area (Å²) >= 11 is 7.60.